The minimum absolute atomic E-state index is 0.0396. The molecule has 1 N–H and O–H groups in total. The Morgan fingerprint density at radius 3 is 2.62 bits per heavy atom. The number of nitrogens with one attached hydrogen (secondary N) is 1. The standard InChI is InChI=1S/C18H23FN2O3/c19-15-5-2-1-4-13(15)12-17(22)20-14-7-9-21(10-8-14)18(23)16-6-3-11-24-16/h1-2,4-5,14,16H,3,6-12H2,(H,20,22). The van der Waals surface area contributed by atoms with Crippen LogP contribution in [0.15, 0.2) is 24.3 Å². The topological polar surface area (TPSA) is 58.6 Å². The summed E-state index contributed by atoms with van der Waals surface area (Å²) in [5.41, 5.74) is 0.404. The second kappa shape index (κ2) is 7.75. The molecule has 1 atom stereocenters. The zero-order chi connectivity index (χ0) is 16.9. The van der Waals surface area contributed by atoms with Crippen LogP contribution in [0.3, 0.4) is 0 Å². The van der Waals surface area contributed by atoms with Crippen LogP contribution in [0.5, 0.6) is 0 Å². The van der Waals surface area contributed by atoms with E-state index in [-0.39, 0.29) is 36.2 Å². The average molecular weight is 334 g/mol. The largest absolute Gasteiger partial charge is 0.368 e. The number of benzene rings is 1. The molecule has 2 heterocycles. The van der Waals surface area contributed by atoms with Crippen LogP contribution >= 0.6 is 0 Å². The maximum atomic E-state index is 13.6. The molecule has 0 spiro atoms. The smallest absolute Gasteiger partial charge is 0.251 e. The monoisotopic (exact) mass is 334 g/mol. The highest BCUT2D eigenvalue weighted by Crippen LogP contribution is 2.18. The highest BCUT2D eigenvalue weighted by molar-refractivity contribution is 5.81. The molecule has 2 aliphatic heterocycles. The number of ether oxygens (including phenoxy) is 1. The third-order valence-electron chi connectivity index (χ3n) is 4.69. The number of halogens is 1. The summed E-state index contributed by atoms with van der Waals surface area (Å²) >= 11 is 0. The summed E-state index contributed by atoms with van der Waals surface area (Å²) in [5, 5.41) is 2.95. The lowest BCUT2D eigenvalue weighted by Gasteiger charge is -2.33. The maximum Gasteiger partial charge on any atom is 0.251 e. The number of likely N-dealkylation sites (tertiary alicyclic amines) is 1. The van der Waals surface area contributed by atoms with Crippen LogP contribution in [0.25, 0.3) is 0 Å². The van der Waals surface area contributed by atoms with Gasteiger partial charge in [-0.05, 0) is 37.3 Å². The van der Waals surface area contributed by atoms with E-state index in [0.29, 0.717) is 25.3 Å². The van der Waals surface area contributed by atoms with Gasteiger partial charge in [0, 0.05) is 25.7 Å². The number of carbonyl (C=O) groups is 2. The molecule has 1 aromatic rings. The van der Waals surface area contributed by atoms with Crippen molar-refractivity contribution in [2.45, 2.75) is 44.2 Å². The lowest BCUT2D eigenvalue weighted by Crippen LogP contribution is -2.49. The van der Waals surface area contributed by atoms with Crippen LogP contribution < -0.4 is 5.32 Å². The van der Waals surface area contributed by atoms with Gasteiger partial charge >= 0.3 is 0 Å². The van der Waals surface area contributed by atoms with Gasteiger partial charge < -0.3 is 15.0 Å². The molecule has 0 aliphatic carbocycles. The number of carbonyl (C=O) groups excluding carboxylic acids is 2. The van der Waals surface area contributed by atoms with Crippen LogP contribution in [-0.4, -0.2) is 48.6 Å². The van der Waals surface area contributed by atoms with Crippen LogP contribution in [0.4, 0.5) is 4.39 Å². The summed E-state index contributed by atoms with van der Waals surface area (Å²) in [6.45, 7) is 1.92. The summed E-state index contributed by atoms with van der Waals surface area (Å²) < 4.78 is 19.0. The highest BCUT2D eigenvalue weighted by atomic mass is 19.1. The van der Waals surface area contributed by atoms with Crippen molar-refractivity contribution in [3.8, 4) is 0 Å². The van der Waals surface area contributed by atoms with Gasteiger partial charge in [-0.15, -0.1) is 0 Å². The van der Waals surface area contributed by atoms with Crippen LogP contribution in [0.1, 0.15) is 31.2 Å². The quantitative estimate of drug-likeness (QED) is 0.911. The third-order valence-corrected chi connectivity index (χ3v) is 4.69. The van der Waals surface area contributed by atoms with Crippen molar-refractivity contribution in [2.24, 2.45) is 0 Å². The van der Waals surface area contributed by atoms with Crippen molar-refractivity contribution < 1.29 is 18.7 Å². The number of rotatable bonds is 4. The van der Waals surface area contributed by atoms with Crippen LogP contribution in [0.2, 0.25) is 0 Å². The first-order valence-electron chi connectivity index (χ1n) is 8.56. The first-order valence-corrected chi connectivity index (χ1v) is 8.56. The third kappa shape index (κ3) is 4.12. The number of piperidine rings is 1. The van der Waals surface area contributed by atoms with E-state index in [2.05, 4.69) is 5.32 Å². The lowest BCUT2D eigenvalue weighted by atomic mass is 10.0. The van der Waals surface area contributed by atoms with Gasteiger partial charge in [-0.25, -0.2) is 4.39 Å². The molecule has 2 amide bonds. The Labute approximate surface area is 141 Å². The van der Waals surface area contributed by atoms with Crippen molar-refractivity contribution in [2.75, 3.05) is 19.7 Å². The number of hydrogen-bond acceptors (Lipinski definition) is 3. The van der Waals surface area contributed by atoms with Crippen molar-refractivity contribution in [1.82, 2.24) is 10.2 Å². The Balaban J connectivity index is 1.44. The zero-order valence-corrected chi connectivity index (χ0v) is 13.7. The van der Waals surface area contributed by atoms with Crippen molar-refractivity contribution in [1.29, 1.82) is 0 Å². The minimum atomic E-state index is -0.357. The van der Waals surface area contributed by atoms with Gasteiger partial charge in [0.25, 0.3) is 5.91 Å². The molecule has 3 rings (SSSR count). The Morgan fingerprint density at radius 1 is 1.21 bits per heavy atom. The summed E-state index contributed by atoms with van der Waals surface area (Å²) in [5.74, 6) is -0.461. The maximum absolute atomic E-state index is 13.6. The first kappa shape index (κ1) is 16.9. The molecular formula is C18H23FN2O3. The molecule has 0 bridgehead atoms. The van der Waals surface area contributed by atoms with Gasteiger partial charge in [0.2, 0.25) is 5.91 Å². The first-order chi connectivity index (χ1) is 11.6. The van der Waals surface area contributed by atoms with E-state index in [0.717, 1.165) is 25.7 Å². The molecule has 2 saturated heterocycles. The highest BCUT2D eigenvalue weighted by Gasteiger charge is 2.31. The molecule has 2 fully saturated rings. The number of hydrogen-bond donors (Lipinski definition) is 1. The number of nitrogens with zero attached hydrogens (tertiary/aromatic N) is 1. The molecule has 6 heteroatoms. The van der Waals surface area contributed by atoms with Gasteiger partial charge in [-0.1, -0.05) is 18.2 Å². The molecule has 24 heavy (non-hydrogen) atoms. The zero-order valence-electron chi connectivity index (χ0n) is 13.7. The SMILES string of the molecule is O=C(Cc1ccccc1F)NC1CCN(C(=O)C2CCCO2)CC1. The van der Waals surface area contributed by atoms with E-state index in [4.69, 9.17) is 4.74 Å². The second-order valence-corrected chi connectivity index (χ2v) is 6.44. The Hall–Kier alpha value is -1.95. The van der Waals surface area contributed by atoms with Gasteiger partial charge in [0.1, 0.15) is 11.9 Å². The molecule has 2 aliphatic rings. The average Bonchev–Trinajstić information content (AvgIpc) is 3.11. The molecule has 1 unspecified atom stereocenters. The Bertz CT molecular complexity index is 594. The van der Waals surface area contributed by atoms with E-state index in [1.54, 1.807) is 18.2 Å². The molecule has 130 valence electrons. The predicted octanol–water partition coefficient (Wildman–Crippen LogP) is 1.65. The van der Waals surface area contributed by atoms with Gasteiger partial charge in [0.05, 0.1) is 6.42 Å². The van der Waals surface area contributed by atoms with Crippen LogP contribution in [-0.2, 0) is 20.7 Å². The Morgan fingerprint density at radius 2 is 1.96 bits per heavy atom. The van der Waals surface area contributed by atoms with E-state index in [1.165, 1.54) is 6.07 Å². The molecule has 0 saturated carbocycles. The molecule has 0 aromatic heterocycles. The summed E-state index contributed by atoms with van der Waals surface area (Å²) in [7, 11) is 0. The molecule has 5 nitrogen and oxygen atoms in total. The van der Waals surface area contributed by atoms with E-state index in [1.807, 2.05) is 4.90 Å². The predicted molar refractivity (Wildman–Crippen MR) is 86.8 cm³/mol. The van der Waals surface area contributed by atoms with E-state index in [9.17, 15) is 14.0 Å². The Kier molecular flexibility index (Phi) is 5.45. The van der Waals surface area contributed by atoms with Gasteiger partial charge in [-0.2, -0.15) is 0 Å². The summed E-state index contributed by atoms with van der Waals surface area (Å²) in [6, 6.07) is 6.35. The fourth-order valence-electron chi connectivity index (χ4n) is 3.31. The fraction of sp³-hybridized carbons (Fsp3) is 0.556. The van der Waals surface area contributed by atoms with Crippen molar-refractivity contribution in [3.05, 3.63) is 35.6 Å². The lowest BCUT2D eigenvalue weighted by molar-refractivity contribution is -0.142. The van der Waals surface area contributed by atoms with Gasteiger partial charge in [-0.3, -0.25) is 9.59 Å². The van der Waals surface area contributed by atoms with Crippen LogP contribution in [0, 0.1) is 5.82 Å². The fourth-order valence-corrected chi connectivity index (χ4v) is 3.31. The molecule has 0 radical (unpaired) electrons. The van der Waals surface area contributed by atoms with Crippen molar-refractivity contribution in [3.63, 3.8) is 0 Å². The minimum Gasteiger partial charge on any atom is -0.368 e. The number of amides is 2. The summed E-state index contributed by atoms with van der Waals surface area (Å²) in [4.78, 5) is 26.2. The van der Waals surface area contributed by atoms with E-state index >= 15 is 0 Å². The molecule has 1 aromatic carbocycles. The summed E-state index contributed by atoms with van der Waals surface area (Å²) in [6.07, 6.45) is 2.96. The van der Waals surface area contributed by atoms with Crippen molar-refractivity contribution >= 4 is 11.8 Å². The normalized spacial score (nSPS) is 21.7. The van der Waals surface area contributed by atoms with E-state index < -0.39 is 0 Å². The van der Waals surface area contributed by atoms with Gasteiger partial charge in [0.15, 0.2) is 0 Å². The second-order valence-electron chi connectivity index (χ2n) is 6.44. The molecular weight excluding hydrogens is 311 g/mol.